The minimum atomic E-state index is -0.271. The van der Waals surface area contributed by atoms with E-state index in [0.29, 0.717) is 55.7 Å². The van der Waals surface area contributed by atoms with Gasteiger partial charge in [0.2, 0.25) is 0 Å². The summed E-state index contributed by atoms with van der Waals surface area (Å²) >= 11 is 0. The van der Waals surface area contributed by atoms with Crippen LogP contribution < -0.4 is 20.9 Å². The van der Waals surface area contributed by atoms with Gasteiger partial charge in [-0.3, -0.25) is 0 Å². The van der Waals surface area contributed by atoms with Crippen molar-refractivity contribution < 1.29 is 8.78 Å². The zero-order valence-electron chi connectivity index (χ0n) is 15.9. The minimum Gasteiger partial charge on any atom is -0.393 e. The molecular formula is C21H22F2N6. The molecule has 8 heteroatoms. The summed E-state index contributed by atoms with van der Waals surface area (Å²) in [6, 6.07) is 13.1. The molecule has 29 heavy (non-hydrogen) atoms. The van der Waals surface area contributed by atoms with E-state index < -0.39 is 0 Å². The lowest BCUT2D eigenvalue weighted by atomic mass is 10.2. The van der Waals surface area contributed by atoms with E-state index in [1.807, 2.05) is 11.0 Å². The Morgan fingerprint density at radius 1 is 0.897 bits per heavy atom. The highest BCUT2D eigenvalue weighted by atomic mass is 19.1. The van der Waals surface area contributed by atoms with Crippen molar-refractivity contribution in [2.75, 3.05) is 47.0 Å². The molecule has 1 aliphatic rings. The maximum Gasteiger partial charge on any atom is 0.157 e. The van der Waals surface area contributed by atoms with Crippen LogP contribution in [0.25, 0.3) is 0 Å². The van der Waals surface area contributed by atoms with Crippen LogP contribution in [0.2, 0.25) is 0 Å². The Kier molecular flexibility index (Phi) is 5.41. The lowest BCUT2D eigenvalue weighted by molar-refractivity contribution is 0.596. The summed E-state index contributed by atoms with van der Waals surface area (Å²) in [6.07, 6.45) is 1.47. The van der Waals surface area contributed by atoms with Gasteiger partial charge in [-0.25, -0.2) is 18.7 Å². The van der Waals surface area contributed by atoms with E-state index in [-0.39, 0.29) is 11.6 Å². The minimum absolute atomic E-state index is 0.213. The number of para-hydroxylation sites is 1. The van der Waals surface area contributed by atoms with Crippen LogP contribution in [0.4, 0.5) is 31.8 Å². The van der Waals surface area contributed by atoms with E-state index in [9.17, 15) is 8.78 Å². The highest BCUT2D eigenvalue weighted by Gasteiger charge is 2.22. The lowest BCUT2D eigenvalue weighted by Crippen LogP contribution is -2.47. The summed E-state index contributed by atoms with van der Waals surface area (Å²) < 4.78 is 27.1. The Labute approximate surface area is 168 Å². The number of halogens is 2. The van der Waals surface area contributed by atoms with E-state index in [1.54, 1.807) is 24.3 Å². The van der Waals surface area contributed by atoms with Crippen molar-refractivity contribution in [1.82, 2.24) is 9.97 Å². The Bertz CT molecular complexity index is 971. The molecule has 6 nitrogen and oxygen atoms in total. The molecule has 0 saturated carbocycles. The van der Waals surface area contributed by atoms with Crippen LogP contribution in [-0.2, 0) is 6.54 Å². The predicted octanol–water partition coefficient (Wildman–Crippen LogP) is 3.28. The largest absolute Gasteiger partial charge is 0.393 e. The number of nitrogens with one attached hydrogen (secondary N) is 1. The number of benzene rings is 2. The van der Waals surface area contributed by atoms with E-state index in [2.05, 4.69) is 20.2 Å². The Morgan fingerprint density at radius 3 is 2.31 bits per heavy atom. The molecule has 0 spiro atoms. The number of hydrogen-bond acceptors (Lipinski definition) is 6. The van der Waals surface area contributed by atoms with E-state index in [4.69, 9.17) is 5.73 Å². The average molecular weight is 396 g/mol. The zero-order valence-corrected chi connectivity index (χ0v) is 15.9. The predicted molar refractivity (Wildman–Crippen MR) is 111 cm³/mol. The third-order valence-corrected chi connectivity index (χ3v) is 5.01. The van der Waals surface area contributed by atoms with Crippen molar-refractivity contribution in [3.05, 3.63) is 72.1 Å². The number of rotatable bonds is 5. The fourth-order valence-corrected chi connectivity index (χ4v) is 3.43. The second-order valence-corrected chi connectivity index (χ2v) is 6.87. The van der Waals surface area contributed by atoms with Crippen LogP contribution in [0.1, 0.15) is 5.56 Å². The number of hydrogen-bond donors (Lipinski definition) is 2. The first kappa shape index (κ1) is 18.9. The molecule has 2 aromatic carbocycles. The highest BCUT2D eigenvalue weighted by molar-refractivity contribution is 5.75. The fraction of sp³-hybridized carbons (Fsp3) is 0.238. The smallest absolute Gasteiger partial charge is 0.157 e. The van der Waals surface area contributed by atoms with Crippen molar-refractivity contribution >= 4 is 23.0 Å². The summed E-state index contributed by atoms with van der Waals surface area (Å²) in [7, 11) is 0. The first-order valence-electron chi connectivity index (χ1n) is 9.45. The number of aromatic nitrogens is 2. The summed E-state index contributed by atoms with van der Waals surface area (Å²) in [4.78, 5) is 12.7. The van der Waals surface area contributed by atoms with Gasteiger partial charge < -0.3 is 20.9 Å². The van der Waals surface area contributed by atoms with Gasteiger partial charge in [0.25, 0.3) is 0 Å². The molecule has 2 heterocycles. The number of nitrogen functional groups attached to an aromatic ring is 1. The molecule has 3 N–H and O–H groups in total. The van der Waals surface area contributed by atoms with Gasteiger partial charge in [0, 0.05) is 32.7 Å². The maximum atomic E-state index is 14.0. The second-order valence-electron chi connectivity index (χ2n) is 6.87. The summed E-state index contributed by atoms with van der Waals surface area (Å²) in [5.74, 6) is 0.715. The highest BCUT2D eigenvalue weighted by Crippen LogP contribution is 2.28. The quantitative estimate of drug-likeness (QED) is 0.690. The molecule has 1 saturated heterocycles. The SMILES string of the molecule is Nc1c(NCc2ccc(F)cc2)ncnc1N1CCN(c2ccccc2F)CC1. The Hall–Kier alpha value is -3.42. The molecule has 1 fully saturated rings. The van der Waals surface area contributed by atoms with Crippen molar-refractivity contribution in [3.63, 3.8) is 0 Å². The van der Waals surface area contributed by atoms with Gasteiger partial charge in [-0.1, -0.05) is 24.3 Å². The van der Waals surface area contributed by atoms with Crippen LogP contribution in [0.5, 0.6) is 0 Å². The third kappa shape index (κ3) is 4.21. The summed E-state index contributed by atoms with van der Waals surface area (Å²) in [5.41, 5.74) is 8.31. The first-order valence-corrected chi connectivity index (χ1v) is 9.45. The zero-order chi connectivity index (χ0) is 20.2. The van der Waals surface area contributed by atoms with Crippen LogP contribution in [0.3, 0.4) is 0 Å². The molecule has 0 amide bonds. The van der Waals surface area contributed by atoms with E-state index in [0.717, 1.165) is 5.56 Å². The van der Waals surface area contributed by atoms with E-state index >= 15 is 0 Å². The lowest BCUT2D eigenvalue weighted by Gasteiger charge is -2.37. The van der Waals surface area contributed by atoms with Crippen molar-refractivity contribution in [3.8, 4) is 0 Å². The topological polar surface area (TPSA) is 70.3 Å². The van der Waals surface area contributed by atoms with E-state index in [1.165, 1.54) is 24.5 Å². The summed E-state index contributed by atoms with van der Waals surface area (Å²) in [6.45, 7) is 3.16. The van der Waals surface area contributed by atoms with Crippen molar-refractivity contribution in [1.29, 1.82) is 0 Å². The third-order valence-electron chi connectivity index (χ3n) is 5.01. The van der Waals surface area contributed by atoms with Gasteiger partial charge >= 0.3 is 0 Å². The van der Waals surface area contributed by atoms with Crippen LogP contribution in [-0.4, -0.2) is 36.1 Å². The summed E-state index contributed by atoms with van der Waals surface area (Å²) in [5, 5.41) is 3.19. The normalized spacial score (nSPS) is 14.1. The van der Waals surface area contributed by atoms with Gasteiger partial charge in [-0.15, -0.1) is 0 Å². The number of nitrogens with two attached hydrogens (primary N) is 1. The second kappa shape index (κ2) is 8.30. The first-order chi connectivity index (χ1) is 14.1. The molecule has 3 aromatic rings. The molecule has 0 radical (unpaired) electrons. The van der Waals surface area contributed by atoms with Crippen LogP contribution in [0.15, 0.2) is 54.9 Å². The standard InChI is InChI=1S/C21H22F2N6/c22-16-7-5-15(6-8-16)13-25-20-19(24)21(27-14-26-20)29-11-9-28(10-12-29)18-4-2-1-3-17(18)23/h1-8,14H,9-13,24H2,(H,25,26,27). The van der Waals surface area contributed by atoms with Gasteiger partial charge in [0.1, 0.15) is 23.6 Å². The molecule has 150 valence electrons. The molecule has 0 atom stereocenters. The van der Waals surface area contributed by atoms with Gasteiger partial charge in [-0.2, -0.15) is 0 Å². The molecule has 4 rings (SSSR count). The molecule has 1 aliphatic heterocycles. The van der Waals surface area contributed by atoms with Gasteiger partial charge in [0.05, 0.1) is 5.69 Å². The number of nitrogens with zero attached hydrogens (tertiary/aromatic N) is 4. The van der Waals surface area contributed by atoms with Crippen LogP contribution >= 0.6 is 0 Å². The molecule has 0 unspecified atom stereocenters. The van der Waals surface area contributed by atoms with Crippen molar-refractivity contribution in [2.45, 2.75) is 6.54 Å². The maximum absolute atomic E-state index is 14.0. The fourth-order valence-electron chi connectivity index (χ4n) is 3.43. The monoisotopic (exact) mass is 396 g/mol. The average Bonchev–Trinajstić information content (AvgIpc) is 2.75. The molecule has 0 bridgehead atoms. The molecule has 0 aliphatic carbocycles. The Balaban J connectivity index is 1.42. The molecule has 1 aromatic heterocycles. The molecular weight excluding hydrogens is 374 g/mol. The van der Waals surface area contributed by atoms with Crippen molar-refractivity contribution in [2.24, 2.45) is 0 Å². The van der Waals surface area contributed by atoms with Gasteiger partial charge in [-0.05, 0) is 29.8 Å². The van der Waals surface area contributed by atoms with Gasteiger partial charge in [0.15, 0.2) is 11.6 Å². The number of anilines is 4. The van der Waals surface area contributed by atoms with Crippen LogP contribution in [0, 0.1) is 11.6 Å². The number of piperazine rings is 1. The Morgan fingerprint density at radius 2 is 1.59 bits per heavy atom.